The molecule has 0 aliphatic heterocycles. The number of aromatic nitrogens is 2. The second-order valence-corrected chi connectivity index (χ2v) is 15.7. The Kier molecular flexibility index (Phi) is 10.7. The first-order valence-corrected chi connectivity index (χ1v) is 18.4. The summed E-state index contributed by atoms with van der Waals surface area (Å²) in [6.07, 6.45) is 11.3. The van der Waals surface area contributed by atoms with Gasteiger partial charge < -0.3 is 4.90 Å². The molecule has 2 aliphatic carbocycles. The first kappa shape index (κ1) is 33.7. The van der Waals surface area contributed by atoms with E-state index in [0.717, 1.165) is 58.2 Å². The smallest absolute Gasteiger partial charge is 0.164 e. The van der Waals surface area contributed by atoms with Crippen LogP contribution >= 0.6 is 23.4 Å². The number of carbonyl (C=O) groups excluding carboxylic acids is 2. The molecule has 1 spiro atoms. The molecule has 5 nitrogen and oxygen atoms in total. The van der Waals surface area contributed by atoms with Gasteiger partial charge >= 0.3 is 0 Å². The van der Waals surface area contributed by atoms with Gasteiger partial charge in [0.25, 0.3) is 0 Å². The molecular weight excluding hydrogens is 622 g/mol. The molecule has 1 heterocycles. The molecule has 7 heteroatoms. The van der Waals surface area contributed by atoms with Crippen LogP contribution in [0.2, 0.25) is 5.02 Å². The summed E-state index contributed by atoms with van der Waals surface area (Å²) < 4.78 is 0. The Bertz CT molecular complexity index is 1700. The van der Waals surface area contributed by atoms with Crippen LogP contribution in [0.1, 0.15) is 86.0 Å². The van der Waals surface area contributed by atoms with E-state index in [9.17, 15) is 9.59 Å². The Morgan fingerprint density at radius 3 is 2.40 bits per heavy atom. The van der Waals surface area contributed by atoms with Crippen molar-refractivity contribution in [2.45, 2.75) is 87.7 Å². The lowest BCUT2D eigenvalue weighted by molar-refractivity contribution is -0.118. The predicted octanol–water partition coefficient (Wildman–Crippen LogP) is 9.96. The van der Waals surface area contributed by atoms with E-state index in [1.54, 1.807) is 0 Å². The van der Waals surface area contributed by atoms with Gasteiger partial charge in [-0.05, 0) is 106 Å². The number of fused-ring (bicyclic) bond motifs is 1. The van der Waals surface area contributed by atoms with E-state index in [-0.39, 0.29) is 18.0 Å². The van der Waals surface area contributed by atoms with Crippen molar-refractivity contribution in [3.8, 4) is 0 Å². The van der Waals surface area contributed by atoms with E-state index in [2.05, 4.69) is 17.0 Å². The SMILES string of the molecule is Cc1ccc(C(=O)CC(Sc2ccc(Cl)cc2)C(=O)CC[C@H]2CC23CCC(CCCc2nc(N(C)C)c4ccccc4n2)CC3)cc1. The quantitative estimate of drug-likeness (QED) is 0.0985. The van der Waals surface area contributed by atoms with Crippen LogP contribution in [0.25, 0.3) is 10.9 Å². The summed E-state index contributed by atoms with van der Waals surface area (Å²) in [6.45, 7) is 2.01. The van der Waals surface area contributed by atoms with Crippen molar-refractivity contribution in [1.29, 1.82) is 0 Å². The highest BCUT2D eigenvalue weighted by atomic mass is 35.5. The Morgan fingerprint density at radius 2 is 1.68 bits per heavy atom. The minimum Gasteiger partial charge on any atom is -0.362 e. The lowest BCUT2D eigenvalue weighted by Crippen LogP contribution is -2.22. The third-order valence-corrected chi connectivity index (χ3v) is 12.0. The van der Waals surface area contributed by atoms with Gasteiger partial charge in [-0.1, -0.05) is 60.0 Å². The average Bonchev–Trinajstić information content (AvgIpc) is 3.76. The van der Waals surface area contributed by atoms with Crippen LogP contribution in [0, 0.1) is 24.2 Å². The maximum absolute atomic E-state index is 13.6. The van der Waals surface area contributed by atoms with E-state index in [1.165, 1.54) is 50.3 Å². The number of hydrogen-bond acceptors (Lipinski definition) is 6. The molecule has 0 amide bonds. The molecule has 47 heavy (non-hydrogen) atoms. The van der Waals surface area contributed by atoms with Gasteiger partial charge in [0, 0.05) is 54.2 Å². The Morgan fingerprint density at radius 1 is 0.957 bits per heavy atom. The van der Waals surface area contributed by atoms with E-state index >= 15 is 0 Å². The number of benzene rings is 3. The summed E-state index contributed by atoms with van der Waals surface area (Å²) in [5, 5.41) is 1.38. The van der Waals surface area contributed by atoms with Gasteiger partial charge in [0.05, 0.1) is 10.8 Å². The molecule has 1 aromatic heterocycles. The number of Topliss-reactive ketones (excluding diaryl/α,β-unsaturated/α-hetero) is 2. The van der Waals surface area contributed by atoms with Crippen LogP contribution in [-0.2, 0) is 11.2 Å². The van der Waals surface area contributed by atoms with E-state index < -0.39 is 5.25 Å². The lowest BCUT2D eigenvalue weighted by atomic mass is 9.76. The minimum absolute atomic E-state index is 0.0244. The highest BCUT2D eigenvalue weighted by Gasteiger charge is 2.54. The van der Waals surface area contributed by atoms with Crippen LogP contribution in [0.3, 0.4) is 0 Å². The molecule has 0 bridgehead atoms. The third kappa shape index (κ3) is 8.45. The number of aryl methyl sites for hydroxylation is 2. The number of hydrogen-bond donors (Lipinski definition) is 0. The van der Waals surface area contributed by atoms with E-state index in [0.29, 0.717) is 28.3 Å². The number of nitrogens with zero attached hydrogens (tertiary/aromatic N) is 3. The van der Waals surface area contributed by atoms with Crippen LogP contribution in [0.5, 0.6) is 0 Å². The monoisotopic (exact) mass is 667 g/mol. The molecule has 2 aliphatic rings. The Hall–Kier alpha value is -3.22. The van der Waals surface area contributed by atoms with Gasteiger partial charge in [0.1, 0.15) is 17.4 Å². The zero-order valence-corrected chi connectivity index (χ0v) is 29.5. The summed E-state index contributed by atoms with van der Waals surface area (Å²) in [5.74, 6) is 3.56. The summed E-state index contributed by atoms with van der Waals surface area (Å²) in [6, 6.07) is 23.5. The van der Waals surface area contributed by atoms with Crippen LogP contribution in [0.15, 0.2) is 77.7 Å². The molecular formula is C40H46ClN3O2S. The van der Waals surface area contributed by atoms with Crippen molar-refractivity contribution in [3.63, 3.8) is 0 Å². The predicted molar refractivity (Wildman–Crippen MR) is 195 cm³/mol. The van der Waals surface area contributed by atoms with Crippen molar-refractivity contribution >= 4 is 51.7 Å². The molecule has 0 N–H and O–H groups in total. The van der Waals surface area contributed by atoms with Gasteiger partial charge in [0.2, 0.25) is 0 Å². The molecule has 6 rings (SSSR count). The number of rotatable bonds is 14. The van der Waals surface area contributed by atoms with Crippen LogP contribution in [0.4, 0.5) is 5.82 Å². The normalized spacial score (nSPS) is 21.1. The maximum Gasteiger partial charge on any atom is 0.164 e. The van der Waals surface area contributed by atoms with Crippen LogP contribution in [-0.4, -0.2) is 40.9 Å². The van der Waals surface area contributed by atoms with Gasteiger partial charge in [-0.15, -0.1) is 11.8 Å². The molecule has 246 valence electrons. The second kappa shape index (κ2) is 14.9. The van der Waals surface area contributed by atoms with Gasteiger partial charge in [-0.2, -0.15) is 0 Å². The lowest BCUT2D eigenvalue weighted by Gasteiger charge is -2.29. The number of halogens is 1. The first-order valence-electron chi connectivity index (χ1n) is 17.2. The standard InChI is InChI=1S/C40H46ClN3O2S/c1-27-11-13-29(14-12-27)36(46)25-37(47-32-18-16-31(41)17-19-32)35(45)20-15-30-26-40(30)23-21-28(22-24-40)7-6-10-38-42-34-9-5-4-8-33(34)39(43-38)44(2)3/h4-5,8-9,11-14,16-19,28,30,37H,6-7,10,15,20-26H2,1-3H3/t28?,30-,37?,40?/m0/s1. The van der Waals surface area contributed by atoms with Crippen LogP contribution < -0.4 is 4.90 Å². The molecule has 2 saturated carbocycles. The minimum atomic E-state index is -0.393. The summed E-state index contributed by atoms with van der Waals surface area (Å²) in [7, 11) is 4.09. The third-order valence-electron chi connectivity index (χ3n) is 10.5. The maximum atomic E-state index is 13.6. The fourth-order valence-corrected chi connectivity index (χ4v) is 8.74. The van der Waals surface area contributed by atoms with Crippen molar-refractivity contribution in [3.05, 3.63) is 94.8 Å². The highest BCUT2D eigenvalue weighted by molar-refractivity contribution is 8.00. The first-order chi connectivity index (χ1) is 22.7. The van der Waals surface area contributed by atoms with Gasteiger partial charge in [-0.3, -0.25) is 9.59 Å². The fraction of sp³-hybridized carbons (Fsp3) is 0.450. The number of para-hydroxylation sites is 1. The van der Waals surface area contributed by atoms with E-state index in [4.69, 9.17) is 21.6 Å². The zero-order chi connectivity index (χ0) is 33.0. The Labute approximate surface area is 288 Å². The Balaban J connectivity index is 0.980. The summed E-state index contributed by atoms with van der Waals surface area (Å²) in [5.41, 5.74) is 3.25. The van der Waals surface area contributed by atoms with Crippen molar-refractivity contribution in [2.75, 3.05) is 19.0 Å². The molecule has 0 radical (unpaired) electrons. The van der Waals surface area contributed by atoms with Gasteiger partial charge in [-0.25, -0.2) is 9.97 Å². The van der Waals surface area contributed by atoms with Crippen molar-refractivity contribution in [1.82, 2.24) is 9.97 Å². The number of thioether (sulfide) groups is 1. The zero-order valence-electron chi connectivity index (χ0n) is 27.9. The van der Waals surface area contributed by atoms with Crippen molar-refractivity contribution < 1.29 is 9.59 Å². The molecule has 1 unspecified atom stereocenters. The summed E-state index contributed by atoms with van der Waals surface area (Å²) in [4.78, 5) is 39.6. The summed E-state index contributed by atoms with van der Waals surface area (Å²) >= 11 is 7.60. The van der Waals surface area contributed by atoms with E-state index in [1.807, 2.05) is 81.7 Å². The van der Waals surface area contributed by atoms with Crippen molar-refractivity contribution in [2.24, 2.45) is 17.3 Å². The number of ketones is 2. The molecule has 3 aromatic carbocycles. The molecule has 2 fully saturated rings. The van der Waals surface area contributed by atoms with Gasteiger partial charge in [0.15, 0.2) is 5.78 Å². The highest BCUT2D eigenvalue weighted by Crippen LogP contribution is 2.64. The molecule has 0 saturated heterocycles. The molecule has 4 aromatic rings. The number of anilines is 1. The number of carbonyl (C=O) groups is 2. The topological polar surface area (TPSA) is 63.2 Å². The second-order valence-electron chi connectivity index (χ2n) is 14.0. The largest absolute Gasteiger partial charge is 0.362 e. The average molecular weight is 668 g/mol. The molecule has 2 atom stereocenters. The fourth-order valence-electron chi connectivity index (χ4n) is 7.50.